The molecule has 5 aromatic rings. The van der Waals surface area contributed by atoms with Gasteiger partial charge in [-0.15, -0.1) is 0 Å². The summed E-state index contributed by atoms with van der Waals surface area (Å²) in [5.74, 6) is 0. The zero-order valence-corrected chi connectivity index (χ0v) is 19.4. The maximum Gasteiger partial charge on any atom is 0.0716 e. The highest BCUT2D eigenvalue weighted by atomic mass is 14.8. The predicted octanol–water partition coefficient (Wildman–Crippen LogP) is 7.83. The Balaban J connectivity index is 1.62. The summed E-state index contributed by atoms with van der Waals surface area (Å²) in [5.41, 5.74) is 10.9. The van der Waals surface area contributed by atoms with Gasteiger partial charge < -0.3 is 10.6 Å². The average molecular weight is 442 g/mol. The molecule has 2 N–H and O–H groups in total. The molecule has 5 rings (SSSR count). The Morgan fingerprint density at radius 1 is 0.412 bits per heavy atom. The molecule has 1 aromatic heterocycles. The first-order valence-corrected chi connectivity index (χ1v) is 11.5. The Kier molecular flexibility index (Phi) is 6.09. The van der Waals surface area contributed by atoms with Gasteiger partial charge in [-0.3, -0.25) is 0 Å². The van der Waals surface area contributed by atoms with Crippen molar-refractivity contribution >= 4 is 11.4 Å². The number of anilines is 2. The first-order chi connectivity index (χ1) is 16.7. The van der Waals surface area contributed by atoms with Crippen LogP contribution in [0.2, 0.25) is 0 Å². The van der Waals surface area contributed by atoms with Crippen molar-refractivity contribution in [2.75, 3.05) is 24.7 Å². The van der Waals surface area contributed by atoms with Gasteiger partial charge >= 0.3 is 0 Å². The van der Waals surface area contributed by atoms with Crippen LogP contribution in [0.1, 0.15) is 0 Å². The Morgan fingerprint density at radius 3 is 1.35 bits per heavy atom. The molecule has 0 unspecified atom stereocenters. The van der Waals surface area contributed by atoms with Crippen LogP contribution in [0.4, 0.5) is 11.4 Å². The van der Waals surface area contributed by atoms with Crippen molar-refractivity contribution in [3.8, 4) is 44.8 Å². The number of rotatable bonds is 6. The Hall–Kier alpha value is -4.37. The fourth-order valence-corrected chi connectivity index (χ4v) is 4.15. The van der Waals surface area contributed by atoms with Crippen molar-refractivity contribution in [2.45, 2.75) is 0 Å². The van der Waals surface area contributed by atoms with Crippen LogP contribution in [-0.2, 0) is 0 Å². The van der Waals surface area contributed by atoms with E-state index in [1.807, 2.05) is 20.2 Å². The van der Waals surface area contributed by atoms with Crippen LogP contribution in [0.15, 0.2) is 115 Å². The molecule has 1 heterocycles. The van der Waals surface area contributed by atoms with E-state index in [9.17, 15) is 0 Å². The molecular weight excluding hydrogens is 414 g/mol. The van der Waals surface area contributed by atoms with Crippen molar-refractivity contribution in [1.29, 1.82) is 0 Å². The molecule has 0 saturated heterocycles. The van der Waals surface area contributed by atoms with Crippen molar-refractivity contribution in [3.05, 3.63) is 115 Å². The van der Waals surface area contributed by atoms with Crippen molar-refractivity contribution in [1.82, 2.24) is 4.98 Å². The van der Waals surface area contributed by atoms with Crippen LogP contribution in [0.5, 0.6) is 0 Å². The first kappa shape index (κ1) is 21.5. The van der Waals surface area contributed by atoms with E-state index in [2.05, 4.69) is 120 Å². The molecule has 0 saturated carbocycles. The van der Waals surface area contributed by atoms with E-state index in [0.29, 0.717) is 0 Å². The second kappa shape index (κ2) is 9.63. The summed E-state index contributed by atoms with van der Waals surface area (Å²) in [4.78, 5) is 5.06. The second-order valence-corrected chi connectivity index (χ2v) is 8.23. The summed E-state index contributed by atoms with van der Waals surface area (Å²) in [7, 11) is 3.87. The number of aromatic nitrogens is 1. The second-order valence-electron chi connectivity index (χ2n) is 8.23. The minimum atomic E-state index is 0.951. The summed E-state index contributed by atoms with van der Waals surface area (Å²) >= 11 is 0. The molecule has 0 radical (unpaired) electrons. The maximum atomic E-state index is 5.06. The summed E-state index contributed by atoms with van der Waals surface area (Å²) in [6, 6.07) is 40.3. The van der Waals surface area contributed by atoms with Gasteiger partial charge in [-0.05, 0) is 58.7 Å². The van der Waals surface area contributed by atoms with Gasteiger partial charge in [0.1, 0.15) is 0 Å². The molecule has 0 amide bonds. The van der Waals surface area contributed by atoms with E-state index < -0.39 is 0 Å². The summed E-state index contributed by atoms with van der Waals surface area (Å²) in [6.07, 6.45) is 0. The third-order valence-corrected chi connectivity index (χ3v) is 6.04. The van der Waals surface area contributed by atoms with Crippen molar-refractivity contribution < 1.29 is 0 Å². The third kappa shape index (κ3) is 4.55. The lowest BCUT2D eigenvalue weighted by Crippen LogP contribution is -1.94. The Morgan fingerprint density at radius 2 is 0.853 bits per heavy atom. The number of nitrogens with one attached hydrogen (secondary N) is 2. The van der Waals surface area contributed by atoms with E-state index >= 15 is 0 Å². The molecule has 3 heteroatoms. The highest BCUT2D eigenvalue weighted by Crippen LogP contribution is 2.33. The lowest BCUT2D eigenvalue weighted by Gasteiger charge is -2.12. The molecule has 3 nitrogen and oxygen atoms in total. The molecule has 0 spiro atoms. The molecule has 0 aliphatic heterocycles. The molecule has 0 aliphatic carbocycles. The van der Waals surface area contributed by atoms with Gasteiger partial charge in [0, 0.05) is 36.6 Å². The molecule has 0 bridgehead atoms. The van der Waals surface area contributed by atoms with Gasteiger partial charge in [0.15, 0.2) is 0 Å². The minimum Gasteiger partial charge on any atom is -0.388 e. The standard InChI is InChI=1S/C31H27N3/c1-32-28-12-6-10-25(18-28)30-20-27(21-31(34-30)26-11-7-13-29(19-26)33-2)24-16-14-23(15-17-24)22-8-4-3-5-9-22/h3-21,32-33H,1-2H3. The van der Waals surface area contributed by atoms with E-state index in [4.69, 9.17) is 4.98 Å². The van der Waals surface area contributed by atoms with Crippen LogP contribution in [-0.4, -0.2) is 19.1 Å². The average Bonchev–Trinajstić information content (AvgIpc) is 2.93. The lowest BCUT2D eigenvalue weighted by atomic mass is 9.97. The first-order valence-electron chi connectivity index (χ1n) is 11.5. The van der Waals surface area contributed by atoms with Gasteiger partial charge in [0.25, 0.3) is 0 Å². The van der Waals surface area contributed by atoms with Gasteiger partial charge in [0.05, 0.1) is 11.4 Å². The topological polar surface area (TPSA) is 37.0 Å². The monoisotopic (exact) mass is 441 g/mol. The molecule has 34 heavy (non-hydrogen) atoms. The zero-order valence-electron chi connectivity index (χ0n) is 19.4. The fraction of sp³-hybridized carbons (Fsp3) is 0.0645. The van der Waals surface area contributed by atoms with E-state index in [0.717, 1.165) is 39.5 Å². The van der Waals surface area contributed by atoms with Crippen LogP contribution >= 0.6 is 0 Å². The van der Waals surface area contributed by atoms with Gasteiger partial charge in [-0.2, -0.15) is 0 Å². The molecular formula is C31H27N3. The smallest absolute Gasteiger partial charge is 0.0716 e. The van der Waals surface area contributed by atoms with Gasteiger partial charge in [-0.1, -0.05) is 78.9 Å². The summed E-state index contributed by atoms with van der Waals surface area (Å²) in [5, 5.41) is 6.46. The lowest BCUT2D eigenvalue weighted by molar-refractivity contribution is 1.32. The molecule has 0 fully saturated rings. The third-order valence-electron chi connectivity index (χ3n) is 6.04. The quantitative estimate of drug-likeness (QED) is 0.282. The predicted molar refractivity (Wildman–Crippen MR) is 145 cm³/mol. The van der Waals surface area contributed by atoms with Crippen molar-refractivity contribution in [3.63, 3.8) is 0 Å². The highest BCUT2D eigenvalue weighted by molar-refractivity contribution is 5.79. The molecule has 166 valence electrons. The SMILES string of the molecule is CNc1cccc(-c2cc(-c3ccc(-c4ccccc4)cc3)cc(-c3cccc(NC)c3)n2)c1. The maximum absolute atomic E-state index is 5.06. The molecule has 0 aliphatic rings. The van der Waals surface area contributed by atoms with Crippen LogP contribution < -0.4 is 10.6 Å². The number of pyridine rings is 1. The van der Waals surface area contributed by atoms with Gasteiger partial charge in [0.2, 0.25) is 0 Å². The number of nitrogens with zero attached hydrogens (tertiary/aromatic N) is 1. The minimum absolute atomic E-state index is 0.951. The Labute approximate surface area is 201 Å². The van der Waals surface area contributed by atoms with E-state index in [1.54, 1.807) is 0 Å². The van der Waals surface area contributed by atoms with Crippen LogP contribution in [0, 0.1) is 0 Å². The number of hydrogen-bond donors (Lipinski definition) is 2. The van der Waals surface area contributed by atoms with Crippen molar-refractivity contribution in [2.24, 2.45) is 0 Å². The van der Waals surface area contributed by atoms with Gasteiger partial charge in [-0.25, -0.2) is 4.98 Å². The van der Waals surface area contributed by atoms with E-state index in [1.165, 1.54) is 16.7 Å². The van der Waals surface area contributed by atoms with Crippen LogP contribution in [0.25, 0.3) is 44.8 Å². The zero-order chi connectivity index (χ0) is 23.3. The summed E-state index contributed by atoms with van der Waals surface area (Å²) in [6.45, 7) is 0. The summed E-state index contributed by atoms with van der Waals surface area (Å²) < 4.78 is 0. The fourth-order valence-electron chi connectivity index (χ4n) is 4.15. The Bertz CT molecular complexity index is 1340. The number of benzene rings is 4. The normalized spacial score (nSPS) is 10.6. The molecule has 4 aromatic carbocycles. The van der Waals surface area contributed by atoms with E-state index in [-0.39, 0.29) is 0 Å². The molecule has 0 atom stereocenters. The largest absolute Gasteiger partial charge is 0.388 e. The number of hydrogen-bond acceptors (Lipinski definition) is 3. The highest BCUT2D eigenvalue weighted by Gasteiger charge is 2.10. The van der Waals surface area contributed by atoms with Crippen LogP contribution in [0.3, 0.4) is 0 Å².